The van der Waals surface area contributed by atoms with Gasteiger partial charge in [-0.25, -0.2) is 4.39 Å². The van der Waals surface area contributed by atoms with Gasteiger partial charge in [-0.3, -0.25) is 9.59 Å². The number of likely N-dealkylation sites (N-methyl/N-ethyl adjacent to an activating group) is 2. The van der Waals surface area contributed by atoms with Gasteiger partial charge in [-0.1, -0.05) is 12.8 Å². The number of rotatable bonds is 10. The summed E-state index contributed by atoms with van der Waals surface area (Å²) in [5, 5.41) is 6.56. The van der Waals surface area contributed by atoms with Crippen LogP contribution in [-0.2, 0) is 14.3 Å². The molecule has 2 N–H and O–H groups in total. The summed E-state index contributed by atoms with van der Waals surface area (Å²) in [4.78, 5) is 39.0. The standard InChI is InChI=1S/C32H54FN7O3/c1-36-13-17-38(18-14-36)11-5-9-34-28-25(33)21-23-29-31(28)43-27-8-4-3-7-26(27)40(29)22-24(30(23)41)32(42)35-10-6-12-39-19-15-37(2)16-20-39/h22-23,25-29,31,34H,3-21H2,1-2H3,(H,35,42). The maximum atomic E-state index is 16.0. The molecule has 0 radical (unpaired) electrons. The molecule has 5 fully saturated rings. The molecule has 2 aliphatic carbocycles. The van der Waals surface area contributed by atoms with Gasteiger partial charge >= 0.3 is 0 Å². The lowest BCUT2D eigenvalue weighted by Crippen LogP contribution is -2.72. The van der Waals surface area contributed by atoms with Gasteiger partial charge in [-0.05, 0) is 65.8 Å². The number of piperazine rings is 2. The molecule has 0 aromatic carbocycles. The fourth-order valence-electron chi connectivity index (χ4n) is 8.30. The molecule has 6 rings (SSSR count). The zero-order valence-corrected chi connectivity index (χ0v) is 26.4. The Hall–Kier alpha value is -1.63. The number of halogens is 1. The van der Waals surface area contributed by atoms with Crippen molar-refractivity contribution in [2.75, 3.05) is 92.6 Å². The van der Waals surface area contributed by atoms with Gasteiger partial charge in [-0.15, -0.1) is 0 Å². The summed E-state index contributed by atoms with van der Waals surface area (Å²) in [5.74, 6) is -1.07. The zero-order chi connectivity index (χ0) is 29.9. The lowest BCUT2D eigenvalue weighted by Gasteiger charge is -2.59. The Balaban J connectivity index is 1.09. The molecule has 43 heavy (non-hydrogen) atoms. The van der Waals surface area contributed by atoms with Crippen LogP contribution in [0.15, 0.2) is 11.8 Å². The van der Waals surface area contributed by atoms with Gasteiger partial charge in [0.1, 0.15) is 6.17 Å². The van der Waals surface area contributed by atoms with Crippen LogP contribution in [0.4, 0.5) is 4.39 Å². The fraction of sp³-hybridized carbons (Fsp3) is 0.875. The molecule has 10 nitrogen and oxygen atoms in total. The Bertz CT molecular complexity index is 999. The quantitative estimate of drug-likeness (QED) is 0.275. The van der Waals surface area contributed by atoms with Gasteiger partial charge in [0, 0.05) is 71.0 Å². The molecule has 6 aliphatic rings. The number of morpholine rings is 1. The SMILES string of the molecule is CN1CCN(CCCNC(=O)C2=CN3C4CCCCC4OC4C(NCCCN5CCN(C)CC5)C(F)CC(C2=O)C43)CC1. The van der Waals surface area contributed by atoms with Crippen LogP contribution in [0.1, 0.15) is 44.9 Å². The van der Waals surface area contributed by atoms with Crippen LogP contribution < -0.4 is 10.6 Å². The van der Waals surface area contributed by atoms with Crippen molar-refractivity contribution in [1.29, 1.82) is 0 Å². The van der Waals surface area contributed by atoms with Crippen molar-refractivity contribution in [2.24, 2.45) is 5.92 Å². The van der Waals surface area contributed by atoms with Crippen molar-refractivity contribution in [3.63, 3.8) is 0 Å². The summed E-state index contributed by atoms with van der Waals surface area (Å²) in [5.41, 5.74) is 0.205. The van der Waals surface area contributed by atoms with Crippen LogP contribution in [0.25, 0.3) is 0 Å². The number of alkyl halides is 1. The number of fused-ring (bicyclic) bond motifs is 2. The predicted octanol–water partition coefficient (Wildman–Crippen LogP) is 0.541. The van der Waals surface area contributed by atoms with Crippen molar-refractivity contribution in [2.45, 2.75) is 81.5 Å². The van der Waals surface area contributed by atoms with Crippen molar-refractivity contribution < 1.29 is 18.7 Å². The molecule has 0 spiro atoms. The highest BCUT2D eigenvalue weighted by atomic mass is 19.1. The highest BCUT2D eigenvalue weighted by Crippen LogP contribution is 2.45. The lowest BCUT2D eigenvalue weighted by atomic mass is 9.69. The topological polar surface area (TPSA) is 83.6 Å². The number of ether oxygens (including phenoxy) is 1. The third-order valence-corrected chi connectivity index (χ3v) is 11.0. The first-order valence-electron chi connectivity index (χ1n) is 17.1. The smallest absolute Gasteiger partial charge is 0.256 e. The number of carbonyl (C=O) groups excluding carboxylic acids is 2. The minimum Gasteiger partial charge on any atom is -0.369 e. The van der Waals surface area contributed by atoms with Crippen LogP contribution in [0, 0.1) is 5.92 Å². The van der Waals surface area contributed by atoms with Crippen LogP contribution in [0.3, 0.4) is 0 Å². The van der Waals surface area contributed by atoms with E-state index in [1.165, 1.54) is 0 Å². The second kappa shape index (κ2) is 14.2. The molecule has 3 saturated heterocycles. The molecular weight excluding hydrogens is 549 g/mol. The molecule has 0 aromatic rings. The Kier molecular flexibility index (Phi) is 10.4. The van der Waals surface area contributed by atoms with E-state index < -0.39 is 24.2 Å². The Morgan fingerprint density at radius 2 is 1.56 bits per heavy atom. The molecular formula is C32H54FN7O3. The number of ketones is 1. The van der Waals surface area contributed by atoms with E-state index in [2.05, 4.69) is 49.2 Å². The molecule has 11 heteroatoms. The normalized spacial score (nSPS) is 36.2. The molecule has 4 heterocycles. The van der Waals surface area contributed by atoms with Gasteiger partial charge in [-0.2, -0.15) is 0 Å². The van der Waals surface area contributed by atoms with Crippen molar-refractivity contribution in [1.82, 2.24) is 35.1 Å². The highest BCUT2D eigenvalue weighted by Gasteiger charge is 2.58. The minimum atomic E-state index is -1.19. The van der Waals surface area contributed by atoms with Crippen LogP contribution in [0.5, 0.6) is 0 Å². The average Bonchev–Trinajstić information content (AvgIpc) is 3.01. The summed E-state index contributed by atoms with van der Waals surface area (Å²) in [6, 6.07) is -0.521. The number of nitrogens with zero attached hydrogens (tertiary/aromatic N) is 5. The summed E-state index contributed by atoms with van der Waals surface area (Å²) in [6.45, 7) is 11.8. The summed E-state index contributed by atoms with van der Waals surface area (Å²) >= 11 is 0. The third kappa shape index (κ3) is 7.12. The van der Waals surface area contributed by atoms with Gasteiger partial charge in [0.15, 0.2) is 5.78 Å². The monoisotopic (exact) mass is 603 g/mol. The Morgan fingerprint density at radius 1 is 0.930 bits per heavy atom. The first kappa shape index (κ1) is 31.4. The summed E-state index contributed by atoms with van der Waals surface area (Å²) in [6.07, 6.45) is 6.33. The first-order chi connectivity index (χ1) is 20.9. The van der Waals surface area contributed by atoms with Crippen molar-refractivity contribution >= 4 is 11.7 Å². The molecule has 1 amide bonds. The van der Waals surface area contributed by atoms with E-state index in [-0.39, 0.29) is 41.9 Å². The Labute approximate surface area is 257 Å². The van der Waals surface area contributed by atoms with E-state index in [0.29, 0.717) is 6.54 Å². The fourth-order valence-corrected chi connectivity index (χ4v) is 8.30. The number of amides is 1. The van der Waals surface area contributed by atoms with E-state index >= 15 is 4.39 Å². The molecule has 0 bridgehead atoms. The number of Topliss-reactive ketones (excluding diaryl/α,β-unsaturated/α-hetero) is 1. The highest BCUT2D eigenvalue weighted by molar-refractivity contribution is 6.20. The van der Waals surface area contributed by atoms with Crippen LogP contribution in [-0.4, -0.2) is 165 Å². The third-order valence-electron chi connectivity index (χ3n) is 11.0. The van der Waals surface area contributed by atoms with E-state index in [9.17, 15) is 9.59 Å². The number of carbonyl (C=O) groups is 2. The van der Waals surface area contributed by atoms with Crippen LogP contribution >= 0.6 is 0 Å². The molecule has 7 unspecified atom stereocenters. The summed E-state index contributed by atoms with van der Waals surface area (Å²) < 4.78 is 22.7. The number of hydrogen-bond acceptors (Lipinski definition) is 9. The lowest BCUT2D eigenvalue weighted by molar-refractivity contribution is -0.197. The zero-order valence-electron chi connectivity index (χ0n) is 26.4. The molecule has 4 aliphatic heterocycles. The van der Waals surface area contributed by atoms with E-state index in [1.54, 1.807) is 0 Å². The molecule has 0 aromatic heterocycles. The second-order valence-electron chi connectivity index (χ2n) is 13.9. The summed E-state index contributed by atoms with van der Waals surface area (Å²) in [7, 11) is 4.31. The van der Waals surface area contributed by atoms with Gasteiger partial charge in [0.25, 0.3) is 5.91 Å². The predicted molar refractivity (Wildman–Crippen MR) is 165 cm³/mol. The van der Waals surface area contributed by atoms with Gasteiger partial charge in [0.2, 0.25) is 0 Å². The molecule has 242 valence electrons. The maximum Gasteiger partial charge on any atom is 0.256 e. The van der Waals surface area contributed by atoms with Gasteiger partial charge < -0.3 is 39.9 Å². The molecule has 2 saturated carbocycles. The minimum absolute atomic E-state index is 0.00735. The first-order valence-corrected chi connectivity index (χ1v) is 17.1. The van der Waals surface area contributed by atoms with Crippen molar-refractivity contribution in [3.8, 4) is 0 Å². The number of hydrogen-bond donors (Lipinski definition) is 2. The Morgan fingerprint density at radius 3 is 2.23 bits per heavy atom. The van der Waals surface area contributed by atoms with E-state index in [1.807, 2.05) is 6.20 Å². The van der Waals surface area contributed by atoms with Crippen LogP contribution in [0.2, 0.25) is 0 Å². The second-order valence-corrected chi connectivity index (χ2v) is 13.9. The largest absolute Gasteiger partial charge is 0.369 e. The van der Waals surface area contributed by atoms with Gasteiger partial charge in [0.05, 0.1) is 35.9 Å². The number of nitrogens with one attached hydrogen (secondary N) is 2. The van der Waals surface area contributed by atoms with Crippen molar-refractivity contribution in [3.05, 3.63) is 11.8 Å². The maximum absolute atomic E-state index is 16.0. The van der Waals surface area contributed by atoms with E-state index in [0.717, 1.165) is 111 Å². The average molecular weight is 604 g/mol. The van der Waals surface area contributed by atoms with E-state index in [4.69, 9.17) is 4.74 Å². The molecule has 7 atom stereocenters.